The molecule has 2 unspecified atom stereocenters. The van der Waals surface area contributed by atoms with Crippen molar-refractivity contribution in [2.45, 2.75) is 44.9 Å². The Kier molecular flexibility index (Phi) is 10.6. The lowest BCUT2D eigenvalue weighted by molar-refractivity contribution is -0.141. The van der Waals surface area contributed by atoms with Crippen molar-refractivity contribution in [3.8, 4) is 5.75 Å². The fourth-order valence-corrected chi connectivity index (χ4v) is 5.00. The van der Waals surface area contributed by atoms with Gasteiger partial charge in [0.05, 0.1) is 6.61 Å². The summed E-state index contributed by atoms with van der Waals surface area (Å²) in [5.74, 6) is -1.06. The Balaban J connectivity index is 1.74. The summed E-state index contributed by atoms with van der Waals surface area (Å²) in [4.78, 5) is 42.7. The van der Waals surface area contributed by atoms with E-state index < -0.39 is 42.2 Å². The lowest BCUT2D eigenvalue weighted by atomic mass is 9.98. The first-order chi connectivity index (χ1) is 21.5. The summed E-state index contributed by atoms with van der Waals surface area (Å²) in [6, 6.07) is 24.2. The molecule has 0 saturated carbocycles. The summed E-state index contributed by atoms with van der Waals surface area (Å²) < 4.78 is 5.45. The van der Waals surface area contributed by atoms with Gasteiger partial charge in [-0.1, -0.05) is 73.3 Å². The van der Waals surface area contributed by atoms with E-state index in [1.807, 2.05) is 42.5 Å². The highest BCUT2D eigenvalue weighted by atomic mass is 16.6. The van der Waals surface area contributed by atoms with Gasteiger partial charge in [0.25, 0.3) is 5.91 Å². The molecule has 0 heterocycles. The molecule has 0 aromatic heterocycles. The minimum Gasteiger partial charge on any atom is -0.508 e. The third kappa shape index (κ3) is 8.93. The SMILES string of the molecule is C=Cc1cccc(C(C(=O)Nc2ccc3ccccc3c2)N(CCO)C(=O)C(Cc2ccc(O)cc2)NC(=O)OC(C)(C)C)c1. The molecule has 4 rings (SSSR count). The molecule has 234 valence electrons. The maximum Gasteiger partial charge on any atom is 0.408 e. The quantitative estimate of drug-likeness (QED) is 0.170. The van der Waals surface area contributed by atoms with E-state index >= 15 is 0 Å². The van der Waals surface area contributed by atoms with Crippen molar-refractivity contribution < 1.29 is 29.3 Å². The fraction of sp³-hybridized carbons (Fsp3) is 0.250. The number of nitrogens with one attached hydrogen (secondary N) is 2. The zero-order valence-corrected chi connectivity index (χ0v) is 25.7. The van der Waals surface area contributed by atoms with Crippen molar-refractivity contribution in [1.29, 1.82) is 0 Å². The molecule has 4 aromatic carbocycles. The number of aliphatic hydroxyl groups is 1. The van der Waals surface area contributed by atoms with Crippen LogP contribution >= 0.6 is 0 Å². The van der Waals surface area contributed by atoms with E-state index in [2.05, 4.69) is 17.2 Å². The highest BCUT2D eigenvalue weighted by Gasteiger charge is 2.36. The molecule has 2 atom stereocenters. The second-order valence-corrected chi connectivity index (χ2v) is 11.7. The third-order valence-corrected chi connectivity index (χ3v) is 7.03. The second-order valence-electron chi connectivity index (χ2n) is 11.7. The first kappa shape index (κ1) is 32.8. The molecule has 9 nitrogen and oxygen atoms in total. The molecule has 0 aliphatic heterocycles. The van der Waals surface area contributed by atoms with Crippen LogP contribution in [-0.4, -0.2) is 57.8 Å². The van der Waals surface area contributed by atoms with Gasteiger partial charge in [-0.25, -0.2) is 4.79 Å². The van der Waals surface area contributed by atoms with Crippen LogP contribution in [0, 0.1) is 0 Å². The predicted molar refractivity (Wildman–Crippen MR) is 176 cm³/mol. The van der Waals surface area contributed by atoms with E-state index in [-0.39, 0.29) is 18.7 Å². The first-order valence-corrected chi connectivity index (χ1v) is 14.7. The van der Waals surface area contributed by atoms with E-state index in [0.717, 1.165) is 16.3 Å². The van der Waals surface area contributed by atoms with E-state index in [1.165, 1.54) is 17.0 Å². The van der Waals surface area contributed by atoms with Crippen LogP contribution in [-0.2, 0) is 20.7 Å². The molecule has 0 radical (unpaired) electrons. The number of fused-ring (bicyclic) bond motifs is 1. The van der Waals surface area contributed by atoms with Gasteiger partial charge >= 0.3 is 6.09 Å². The average Bonchev–Trinajstić information content (AvgIpc) is 3.00. The van der Waals surface area contributed by atoms with Crippen molar-refractivity contribution >= 4 is 40.4 Å². The number of phenols is 1. The Morgan fingerprint density at radius 1 is 0.933 bits per heavy atom. The average molecular weight is 610 g/mol. The van der Waals surface area contributed by atoms with E-state index in [4.69, 9.17) is 4.74 Å². The summed E-state index contributed by atoms with van der Waals surface area (Å²) in [5.41, 5.74) is 1.59. The highest BCUT2D eigenvalue weighted by Crippen LogP contribution is 2.27. The molecule has 0 saturated heterocycles. The molecule has 0 fully saturated rings. The van der Waals surface area contributed by atoms with E-state index in [9.17, 15) is 24.6 Å². The molecule has 3 amide bonds. The second kappa shape index (κ2) is 14.5. The smallest absolute Gasteiger partial charge is 0.408 e. The summed E-state index contributed by atoms with van der Waals surface area (Å²) >= 11 is 0. The Morgan fingerprint density at radius 3 is 2.31 bits per heavy atom. The molecule has 4 N–H and O–H groups in total. The number of phenolic OH excluding ortho intramolecular Hbond substituents is 1. The van der Waals surface area contributed by atoms with Crippen molar-refractivity contribution in [2.75, 3.05) is 18.5 Å². The molecule has 0 aliphatic rings. The monoisotopic (exact) mass is 609 g/mol. The lowest BCUT2D eigenvalue weighted by Gasteiger charge is -2.34. The first-order valence-electron chi connectivity index (χ1n) is 14.7. The standard InChI is InChI=1S/C36H39N3O6/c1-5-24-9-8-12-28(21-24)32(33(42)37-29-16-15-26-10-6-7-11-27(26)23-29)39(19-20-40)34(43)31(38-35(44)45-36(2,3)4)22-25-13-17-30(41)18-14-25/h5-18,21,23,31-32,40-41H,1,19-20,22H2,2-4H3,(H,37,42)(H,38,44). The van der Waals surface area contributed by atoms with Crippen LogP contribution in [0.25, 0.3) is 16.8 Å². The molecule has 45 heavy (non-hydrogen) atoms. The molecular weight excluding hydrogens is 570 g/mol. The Hall–Kier alpha value is -5.15. The molecule has 4 aromatic rings. The van der Waals surface area contributed by atoms with Crippen LogP contribution in [0.5, 0.6) is 5.75 Å². The van der Waals surface area contributed by atoms with Crippen LogP contribution in [0.2, 0.25) is 0 Å². The number of carbonyl (C=O) groups is 3. The third-order valence-electron chi connectivity index (χ3n) is 7.03. The fourth-order valence-electron chi connectivity index (χ4n) is 5.00. The van der Waals surface area contributed by atoms with E-state index in [0.29, 0.717) is 16.8 Å². The lowest BCUT2D eigenvalue weighted by Crippen LogP contribution is -2.53. The van der Waals surface area contributed by atoms with Gasteiger partial charge in [0.1, 0.15) is 23.4 Å². The normalized spacial score (nSPS) is 12.5. The number of anilines is 1. The number of carbonyl (C=O) groups excluding carboxylic acids is 3. The van der Waals surface area contributed by atoms with Gasteiger partial charge < -0.3 is 30.5 Å². The number of rotatable bonds is 11. The number of aromatic hydroxyl groups is 1. The van der Waals surface area contributed by atoms with Gasteiger partial charge in [0.15, 0.2) is 0 Å². The number of hydrogen-bond acceptors (Lipinski definition) is 6. The number of ether oxygens (including phenoxy) is 1. The van der Waals surface area contributed by atoms with Gasteiger partial charge in [0.2, 0.25) is 5.91 Å². The Labute approximate surface area is 263 Å². The van der Waals surface area contributed by atoms with Crippen molar-refractivity contribution in [1.82, 2.24) is 10.2 Å². The summed E-state index contributed by atoms with van der Waals surface area (Å²) in [5, 5.41) is 27.5. The van der Waals surface area contributed by atoms with Crippen molar-refractivity contribution in [2.24, 2.45) is 0 Å². The number of nitrogens with zero attached hydrogens (tertiary/aromatic N) is 1. The largest absolute Gasteiger partial charge is 0.508 e. The maximum atomic E-state index is 14.4. The van der Waals surface area contributed by atoms with Gasteiger partial charge in [-0.2, -0.15) is 0 Å². The molecule has 0 bridgehead atoms. The number of alkyl carbamates (subject to hydrolysis) is 1. The van der Waals surface area contributed by atoms with Gasteiger partial charge in [0, 0.05) is 18.7 Å². The number of benzene rings is 4. The zero-order valence-electron chi connectivity index (χ0n) is 25.7. The number of aliphatic hydroxyl groups excluding tert-OH is 1. The molecular formula is C36H39N3O6. The Morgan fingerprint density at radius 2 is 1.64 bits per heavy atom. The van der Waals surface area contributed by atoms with Crippen molar-refractivity contribution in [3.05, 3.63) is 114 Å². The number of hydrogen-bond donors (Lipinski definition) is 4. The zero-order chi connectivity index (χ0) is 32.6. The highest BCUT2D eigenvalue weighted by molar-refractivity contribution is 6.00. The van der Waals surface area contributed by atoms with Crippen LogP contribution in [0.1, 0.15) is 43.5 Å². The number of amides is 3. The van der Waals surface area contributed by atoms with Gasteiger partial charge in [-0.15, -0.1) is 0 Å². The van der Waals surface area contributed by atoms with Crippen LogP contribution in [0.3, 0.4) is 0 Å². The summed E-state index contributed by atoms with van der Waals surface area (Å²) in [7, 11) is 0. The summed E-state index contributed by atoms with van der Waals surface area (Å²) in [6.45, 7) is 8.32. The van der Waals surface area contributed by atoms with E-state index in [1.54, 1.807) is 63.2 Å². The predicted octanol–water partition coefficient (Wildman–Crippen LogP) is 5.83. The summed E-state index contributed by atoms with van der Waals surface area (Å²) in [6.07, 6.45) is 0.860. The molecule has 0 spiro atoms. The van der Waals surface area contributed by atoms with Gasteiger partial charge in [-0.05, 0) is 78.6 Å². The molecule has 9 heteroatoms. The van der Waals surface area contributed by atoms with Crippen LogP contribution in [0.4, 0.5) is 10.5 Å². The minimum atomic E-state index is -1.18. The Bertz CT molecular complexity index is 1660. The van der Waals surface area contributed by atoms with Crippen LogP contribution < -0.4 is 10.6 Å². The van der Waals surface area contributed by atoms with Gasteiger partial charge in [-0.3, -0.25) is 9.59 Å². The molecule has 0 aliphatic carbocycles. The van der Waals surface area contributed by atoms with Crippen molar-refractivity contribution in [3.63, 3.8) is 0 Å². The maximum absolute atomic E-state index is 14.4. The topological polar surface area (TPSA) is 128 Å². The van der Waals surface area contributed by atoms with Crippen LogP contribution in [0.15, 0.2) is 97.6 Å². The minimum absolute atomic E-state index is 0.0337.